The first kappa shape index (κ1) is 13.8. The highest BCUT2D eigenvalue weighted by Gasteiger charge is 2.14. The van der Waals surface area contributed by atoms with Crippen LogP contribution in [0.3, 0.4) is 0 Å². The van der Waals surface area contributed by atoms with Gasteiger partial charge in [-0.05, 0) is 30.7 Å². The summed E-state index contributed by atoms with van der Waals surface area (Å²) in [6, 6.07) is 6.99. The smallest absolute Gasteiger partial charge is 0.264 e. The Balaban J connectivity index is 1.91. The number of hydrogen-bond acceptors (Lipinski definition) is 5. The van der Waals surface area contributed by atoms with Crippen LogP contribution < -0.4 is 4.74 Å². The van der Waals surface area contributed by atoms with Gasteiger partial charge in [0.1, 0.15) is 11.9 Å². The molecule has 0 spiro atoms. The van der Waals surface area contributed by atoms with E-state index in [0.29, 0.717) is 28.9 Å². The average molecular weight is 283 g/mol. The molecule has 1 aromatic carbocycles. The second kappa shape index (κ2) is 6.54. The van der Waals surface area contributed by atoms with Crippen molar-refractivity contribution in [2.24, 2.45) is 0 Å². The van der Waals surface area contributed by atoms with Crippen molar-refractivity contribution in [2.45, 2.75) is 32.5 Å². The molecule has 0 bridgehead atoms. The molecule has 1 unspecified atom stereocenters. The zero-order valence-corrected chi connectivity index (χ0v) is 11.3. The molecule has 0 amide bonds. The van der Waals surface area contributed by atoms with Crippen LogP contribution in [0.5, 0.6) is 5.75 Å². The fourth-order valence-corrected chi connectivity index (χ4v) is 1.67. The summed E-state index contributed by atoms with van der Waals surface area (Å²) < 4.78 is 10.5. The van der Waals surface area contributed by atoms with Crippen LogP contribution in [-0.4, -0.2) is 15.2 Å². The lowest BCUT2D eigenvalue weighted by Gasteiger charge is -2.02. The van der Waals surface area contributed by atoms with Crippen LogP contribution in [0.15, 0.2) is 28.8 Å². The monoisotopic (exact) mass is 282 g/mol. The molecule has 0 saturated carbocycles. The number of hydrogen-bond donors (Lipinski definition) is 1. The summed E-state index contributed by atoms with van der Waals surface area (Å²) in [6.45, 7) is 2.14. The number of benzene rings is 1. The van der Waals surface area contributed by atoms with Crippen LogP contribution in [0.2, 0.25) is 5.02 Å². The van der Waals surface area contributed by atoms with Gasteiger partial charge in [0.15, 0.2) is 12.4 Å². The van der Waals surface area contributed by atoms with E-state index in [1.807, 2.05) is 6.92 Å². The van der Waals surface area contributed by atoms with Gasteiger partial charge in [-0.25, -0.2) is 0 Å². The van der Waals surface area contributed by atoms with Gasteiger partial charge in [-0.3, -0.25) is 0 Å². The van der Waals surface area contributed by atoms with Crippen LogP contribution in [-0.2, 0) is 6.61 Å². The SMILES string of the molecule is CCCC(O)c1noc(COc2ccc(Cl)cc2)n1. The van der Waals surface area contributed by atoms with Crippen LogP contribution in [0, 0.1) is 0 Å². The molecule has 2 rings (SSSR count). The number of aliphatic hydroxyl groups is 1. The normalized spacial score (nSPS) is 12.4. The molecule has 0 fully saturated rings. The molecule has 0 saturated heterocycles. The first-order valence-electron chi connectivity index (χ1n) is 6.08. The lowest BCUT2D eigenvalue weighted by Crippen LogP contribution is -2.00. The van der Waals surface area contributed by atoms with Gasteiger partial charge in [-0.15, -0.1) is 0 Å². The number of nitrogens with zero attached hydrogens (tertiary/aromatic N) is 2. The van der Waals surface area contributed by atoms with Crippen molar-refractivity contribution in [3.8, 4) is 5.75 Å². The van der Waals surface area contributed by atoms with Gasteiger partial charge in [0.25, 0.3) is 5.89 Å². The molecule has 19 heavy (non-hydrogen) atoms. The second-order valence-corrected chi connectivity index (χ2v) is 4.53. The van der Waals surface area contributed by atoms with Crippen molar-refractivity contribution in [3.05, 3.63) is 41.0 Å². The van der Waals surface area contributed by atoms with Crippen LogP contribution in [0.25, 0.3) is 0 Å². The molecule has 6 heteroatoms. The Morgan fingerprint density at radius 3 is 2.79 bits per heavy atom. The lowest BCUT2D eigenvalue weighted by atomic mass is 10.2. The molecule has 1 heterocycles. The second-order valence-electron chi connectivity index (χ2n) is 4.09. The van der Waals surface area contributed by atoms with Gasteiger partial charge < -0.3 is 14.4 Å². The summed E-state index contributed by atoms with van der Waals surface area (Å²) in [4.78, 5) is 4.08. The van der Waals surface area contributed by atoms with Crippen molar-refractivity contribution in [3.63, 3.8) is 0 Å². The van der Waals surface area contributed by atoms with Crippen LogP contribution >= 0.6 is 11.6 Å². The molecule has 1 N–H and O–H groups in total. The van der Waals surface area contributed by atoms with Gasteiger partial charge in [0.2, 0.25) is 0 Å². The number of rotatable bonds is 6. The van der Waals surface area contributed by atoms with Gasteiger partial charge in [-0.1, -0.05) is 30.1 Å². The number of aliphatic hydroxyl groups excluding tert-OH is 1. The molecule has 0 radical (unpaired) electrons. The summed E-state index contributed by atoms with van der Waals surface area (Å²) >= 11 is 5.77. The van der Waals surface area contributed by atoms with Crippen molar-refractivity contribution in [2.75, 3.05) is 0 Å². The highest BCUT2D eigenvalue weighted by molar-refractivity contribution is 6.30. The van der Waals surface area contributed by atoms with Gasteiger partial charge in [0.05, 0.1) is 0 Å². The molecular formula is C13H15ClN2O3. The number of aromatic nitrogens is 2. The lowest BCUT2D eigenvalue weighted by molar-refractivity contribution is 0.152. The van der Waals surface area contributed by atoms with E-state index in [2.05, 4.69) is 10.1 Å². The van der Waals surface area contributed by atoms with E-state index in [0.717, 1.165) is 6.42 Å². The Morgan fingerprint density at radius 1 is 1.37 bits per heavy atom. The molecule has 1 aromatic heterocycles. The van der Waals surface area contributed by atoms with Gasteiger partial charge >= 0.3 is 0 Å². The molecule has 102 valence electrons. The summed E-state index contributed by atoms with van der Waals surface area (Å²) in [7, 11) is 0. The minimum atomic E-state index is -0.682. The van der Waals surface area contributed by atoms with Crippen LogP contribution in [0.4, 0.5) is 0 Å². The highest BCUT2D eigenvalue weighted by atomic mass is 35.5. The topological polar surface area (TPSA) is 68.4 Å². The molecule has 5 nitrogen and oxygen atoms in total. The van der Waals surface area contributed by atoms with Crippen molar-refractivity contribution in [1.82, 2.24) is 10.1 Å². The summed E-state index contributed by atoms with van der Waals surface area (Å²) in [6.07, 6.45) is 0.779. The summed E-state index contributed by atoms with van der Waals surface area (Å²) in [5.74, 6) is 1.30. The maximum absolute atomic E-state index is 9.71. The Bertz CT molecular complexity index is 513. The highest BCUT2D eigenvalue weighted by Crippen LogP contribution is 2.18. The largest absolute Gasteiger partial charge is 0.484 e. The maximum atomic E-state index is 9.71. The molecule has 2 aromatic rings. The minimum Gasteiger partial charge on any atom is -0.484 e. The molecule has 0 aliphatic rings. The number of ether oxygens (including phenoxy) is 1. The Labute approximate surface area is 116 Å². The third kappa shape index (κ3) is 3.94. The Hall–Kier alpha value is -1.59. The van der Waals surface area contributed by atoms with Crippen molar-refractivity contribution >= 4 is 11.6 Å². The third-order valence-electron chi connectivity index (χ3n) is 2.52. The minimum absolute atomic E-state index is 0.160. The van der Waals surface area contributed by atoms with E-state index >= 15 is 0 Å². The summed E-state index contributed by atoms with van der Waals surface area (Å²) in [5.41, 5.74) is 0. The first-order valence-corrected chi connectivity index (χ1v) is 6.45. The Kier molecular flexibility index (Phi) is 4.76. The molecule has 1 atom stereocenters. The fourth-order valence-electron chi connectivity index (χ4n) is 1.54. The Morgan fingerprint density at radius 2 is 2.11 bits per heavy atom. The quantitative estimate of drug-likeness (QED) is 0.881. The maximum Gasteiger partial charge on any atom is 0.264 e. The van der Waals surface area contributed by atoms with E-state index < -0.39 is 6.10 Å². The first-order chi connectivity index (χ1) is 9.19. The van der Waals surface area contributed by atoms with E-state index in [9.17, 15) is 5.11 Å². The van der Waals surface area contributed by atoms with Crippen molar-refractivity contribution < 1.29 is 14.4 Å². The third-order valence-corrected chi connectivity index (χ3v) is 2.77. The van der Waals surface area contributed by atoms with Crippen LogP contribution in [0.1, 0.15) is 37.6 Å². The standard InChI is InChI=1S/C13H15ClN2O3/c1-2-3-11(17)13-15-12(19-16-13)8-18-10-6-4-9(14)5-7-10/h4-7,11,17H,2-3,8H2,1H3. The predicted molar refractivity (Wildman–Crippen MR) is 69.9 cm³/mol. The van der Waals surface area contributed by atoms with Gasteiger partial charge in [0, 0.05) is 5.02 Å². The zero-order valence-electron chi connectivity index (χ0n) is 10.5. The molecule has 0 aliphatic carbocycles. The fraction of sp³-hybridized carbons (Fsp3) is 0.385. The van der Waals surface area contributed by atoms with E-state index in [1.165, 1.54) is 0 Å². The zero-order chi connectivity index (χ0) is 13.7. The van der Waals surface area contributed by atoms with E-state index in [4.69, 9.17) is 20.9 Å². The summed E-state index contributed by atoms with van der Waals surface area (Å²) in [5, 5.41) is 14.1. The van der Waals surface area contributed by atoms with Crippen molar-refractivity contribution in [1.29, 1.82) is 0 Å². The molecule has 0 aliphatic heterocycles. The average Bonchev–Trinajstić information content (AvgIpc) is 2.87. The van der Waals surface area contributed by atoms with E-state index in [1.54, 1.807) is 24.3 Å². The van der Waals surface area contributed by atoms with Gasteiger partial charge in [-0.2, -0.15) is 4.98 Å². The predicted octanol–water partition coefficient (Wildman–Crippen LogP) is 3.14. The molecular weight excluding hydrogens is 268 g/mol. The van der Waals surface area contributed by atoms with E-state index in [-0.39, 0.29) is 6.61 Å². The number of halogens is 1.